The van der Waals surface area contributed by atoms with Gasteiger partial charge in [0.25, 0.3) is 0 Å². The van der Waals surface area contributed by atoms with Crippen molar-refractivity contribution in [2.45, 2.75) is 64.5 Å². The summed E-state index contributed by atoms with van der Waals surface area (Å²) in [6, 6.07) is 1.21. The van der Waals surface area contributed by atoms with E-state index in [1.54, 1.807) is 0 Å². The quantitative estimate of drug-likeness (QED) is 0.866. The molecule has 3 fully saturated rings. The van der Waals surface area contributed by atoms with Crippen molar-refractivity contribution in [1.82, 2.24) is 10.2 Å². The van der Waals surface area contributed by atoms with Crippen LogP contribution < -0.4 is 5.32 Å². The van der Waals surface area contributed by atoms with Crippen molar-refractivity contribution in [3.63, 3.8) is 0 Å². The number of rotatable bonds is 4. The summed E-state index contributed by atoms with van der Waals surface area (Å²) in [5.41, 5.74) is 0. The molecule has 1 heterocycles. The first-order chi connectivity index (χ1) is 10.2. The van der Waals surface area contributed by atoms with Crippen molar-refractivity contribution in [2.24, 2.45) is 17.8 Å². The van der Waals surface area contributed by atoms with Crippen LogP contribution in [0.2, 0.25) is 0 Å². The number of nitrogens with zero attached hydrogens (tertiary/aromatic N) is 1. The van der Waals surface area contributed by atoms with Crippen LogP contribution in [-0.4, -0.2) is 42.8 Å². The molecule has 4 heteroatoms. The lowest BCUT2D eigenvalue weighted by atomic mass is 9.83. The fourth-order valence-corrected chi connectivity index (χ4v) is 4.85. The van der Waals surface area contributed by atoms with Gasteiger partial charge in [-0.05, 0) is 63.7 Å². The molecule has 0 aromatic carbocycles. The fourth-order valence-electron chi connectivity index (χ4n) is 4.85. The zero-order valence-electron chi connectivity index (χ0n) is 13.5. The van der Waals surface area contributed by atoms with Crippen molar-refractivity contribution in [2.75, 3.05) is 19.7 Å². The van der Waals surface area contributed by atoms with Gasteiger partial charge in [0.2, 0.25) is 0 Å². The van der Waals surface area contributed by atoms with Crippen LogP contribution in [0, 0.1) is 17.8 Å². The number of hydrogen-bond acceptors (Lipinski definition) is 3. The Labute approximate surface area is 128 Å². The minimum atomic E-state index is -0.142. The number of carbonyl (C=O) groups is 1. The fraction of sp³-hybridized carbons (Fsp3) is 0.941. The van der Waals surface area contributed by atoms with Crippen LogP contribution in [-0.2, 0) is 4.74 Å². The van der Waals surface area contributed by atoms with E-state index in [4.69, 9.17) is 4.74 Å². The summed E-state index contributed by atoms with van der Waals surface area (Å²) in [5.74, 6) is 2.90. The number of piperidine rings is 1. The highest BCUT2D eigenvalue weighted by Gasteiger charge is 2.42. The number of likely N-dealkylation sites (tertiary alicyclic amines) is 1. The van der Waals surface area contributed by atoms with Gasteiger partial charge >= 0.3 is 6.09 Å². The number of hydrogen-bond donors (Lipinski definition) is 1. The molecule has 2 aliphatic carbocycles. The van der Waals surface area contributed by atoms with Crippen LogP contribution in [0.1, 0.15) is 52.4 Å². The molecule has 1 aliphatic heterocycles. The van der Waals surface area contributed by atoms with Gasteiger partial charge in [0.05, 0.1) is 6.61 Å². The molecule has 120 valence electrons. The Hall–Kier alpha value is -0.770. The third-order valence-corrected chi connectivity index (χ3v) is 5.95. The molecule has 2 saturated carbocycles. The van der Waals surface area contributed by atoms with Crippen LogP contribution in [0.5, 0.6) is 0 Å². The second-order valence-electron chi connectivity index (χ2n) is 7.25. The lowest BCUT2D eigenvalue weighted by molar-refractivity contribution is 0.0928. The highest BCUT2D eigenvalue weighted by molar-refractivity contribution is 5.67. The summed E-state index contributed by atoms with van der Waals surface area (Å²) in [7, 11) is 0. The number of carbonyl (C=O) groups excluding carboxylic acids is 1. The molecule has 0 radical (unpaired) electrons. The Morgan fingerprint density at radius 1 is 1.24 bits per heavy atom. The predicted molar refractivity (Wildman–Crippen MR) is 83.2 cm³/mol. The van der Waals surface area contributed by atoms with Gasteiger partial charge in [-0.2, -0.15) is 0 Å². The third kappa shape index (κ3) is 3.36. The molecular weight excluding hydrogens is 264 g/mol. The van der Waals surface area contributed by atoms with Crippen molar-refractivity contribution in [1.29, 1.82) is 0 Å². The number of nitrogens with one attached hydrogen (secondary N) is 1. The number of ether oxygens (including phenoxy) is 1. The topological polar surface area (TPSA) is 41.6 Å². The van der Waals surface area contributed by atoms with Gasteiger partial charge in [-0.15, -0.1) is 0 Å². The van der Waals surface area contributed by atoms with Crippen molar-refractivity contribution >= 4 is 6.09 Å². The molecule has 0 spiro atoms. The summed E-state index contributed by atoms with van der Waals surface area (Å²) in [5, 5.41) is 3.86. The highest BCUT2D eigenvalue weighted by atomic mass is 16.6. The van der Waals surface area contributed by atoms with E-state index >= 15 is 0 Å². The van der Waals surface area contributed by atoms with Crippen LogP contribution >= 0.6 is 0 Å². The maximum atomic E-state index is 11.7. The van der Waals surface area contributed by atoms with Gasteiger partial charge in [0.1, 0.15) is 0 Å². The van der Waals surface area contributed by atoms with E-state index in [0.717, 1.165) is 43.7 Å². The molecule has 21 heavy (non-hydrogen) atoms. The van der Waals surface area contributed by atoms with Gasteiger partial charge in [0.15, 0.2) is 0 Å². The van der Waals surface area contributed by atoms with Crippen LogP contribution in [0.3, 0.4) is 0 Å². The lowest BCUT2D eigenvalue weighted by Gasteiger charge is -2.36. The van der Waals surface area contributed by atoms with Crippen molar-refractivity contribution in [3.05, 3.63) is 0 Å². The Morgan fingerprint density at radius 2 is 2.00 bits per heavy atom. The first-order valence-electron chi connectivity index (χ1n) is 8.85. The summed E-state index contributed by atoms with van der Waals surface area (Å²) in [4.78, 5) is 13.6. The molecule has 1 saturated heterocycles. The molecule has 1 amide bonds. The van der Waals surface area contributed by atoms with E-state index in [0.29, 0.717) is 18.7 Å². The number of amides is 1. The predicted octanol–water partition coefficient (Wildman–Crippen LogP) is 3.02. The minimum absolute atomic E-state index is 0.142. The van der Waals surface area contributed by atoms with E-state index in [-0.39, 0.29) is 6.09 Å². The third-order valence-electron chi connectivity index (χ3n) is 5.95. The van der Waals surface area contributed by atoms with Gasteiger partial charge in [-0.3, -0.25) is 0 Å². The Balaban J connectivity index is 1.42. The zero-order valence-corrected chi connectivity index (χ0v) is 13.5. The highest BCUT2D eigenvalue weighted by Crippen LogP contribution is 2.49. The second-order valence-corrected chi connectivity index (χ2v) is 7.25. The Bertz CT molecular complexity index is 366. The van der Waals surface area contributed by atoms with E-state index < -0.39 is 0 Å². The zero-order chi connectivity index (χ0) is 14.8. The molecule has 4 atom stereocenters. The molecule has 0 aromatic heterocycles. The maximum Gasteiger partial charge on any atom is 0.409 e. The van der Waals surface area contributed by atoms with E-state index in [1.165, 1.54) is 25.7 Å². The SMILES string of the molecule is CCOC(=O)N1CCC(NC(C)C2CC3CCC2C3)CC1. The molecule has 3 aliphatic rings. The smallest absolute Gasteiger partial charge is 0.409 e. The average molecular weight is 294 g/mol. The van der Waals surface area contributed by atoms with Gasteiger partial charge in [-0.25, -0.2) is 4.79 Å². The molecular formula is C17H30N2O2. The summed E-state index contributed by atoms with van der Waals surface area (Å²) < 4.78 is 5.08. The van der Waals surface area contributed by atoms with Crippen LogP contribution in [0.4, 0.5) is 4.79 Å². The first-order valence-corrected chi connectivity index (χ1v) is 8.85. The Morgan fingerprint density at radius 3 is 2.57 bits per heavy atom. The number of fused-ring (bicyclic) bond motifs is 2. The molecule has 3 rings (SSSR count). The lowest BCUT2D eigenvalue weighted by Crippen LogP contribution is -2.49. The maximum absolute atomic E-state index is 11.7. The van der Waals surface area contributed by atoms with Crippen LogP contribution in [0.15, 0.2) is 0 Å². The molecule has 2 bridgehead atoms. The largest absolute Gasteiger partial charge is 0.450 e. The van der Waals surface area contributed by atoms with E-state index in [9.17, 15) is 4.79 Å². The first kappa shape index (κ1) is 15.1. The second kappa shape index (κ2) is 6.55. The molecule has 1 N–H and O–H groups in total. The van der Waals surface area contributed by atoms with Gasteiger partial charge < -0.3 is 15.0 Å². The normalized spacial score (nSPS) is 34.2. The Kier molecular flexibility index (Phi) is 4.72. The monoisotopic (exact) mass is 294 g/mol. The molecule has 4 nitrogen and oxygen atoms in total. The standard InChI is InChI=1S/C17H30N2O2/c1-3-21-17(20)19-8-6-15(7-9-19)18-12(2)16-11-13-4-5-14(16)10-13/h12-16,18H,3-11H2,1-2H3. The summed E-state index contributed by atoms with van der Waals surface area (Å²) in [6.07, 6.45) is 7.85. The minimum Gasteiger partial charge on any atom is -0.450 e. The van der Waals surface area contributed by atoms with Gasteiger partial charge in [-0.1, -0.05) is 6.42 Å². The summed E-state index contributed by atoms with van der Waals surface area (Å²) in [6.45, 7) is 6.38. The van der Waals surface area contributed by atoms with Crippen LogP contribution in [0.25, 0.3) is 0 Å². The van der Waals surface area contributed by atoms with E-state index in [2.05, 4.69) is 12.2 Å². The average Bonchev–Trinajstić information content (AvgIpc) is 3.11. The van der Waals surface area contributed by atoms with Crippen molar-refractivity contribution in [3.8, 4) is 0 Å². The van der Waals surface area contributed by atoms with E-state index in [1.807, 2.05) is 11.8 Å². The van der Waals surface area contributed by atoms with Crippen molar-refractivity contribution < 1.29 is 9.53 Å². The molecule has 0 aromatic rings. The summed E-state index contributed by atoms with van der Waals surface area (Å²) >= 11 is 0. The molecule has 4 unspecified atom stereocenters. The van der Waals surface area contributed by atoms with Gasteiger partial charge in [0, 0.05) is 25.2 Å².